The summed E-state index contributed by atoms with van der Waals surface area (Å²) in [5.74, 6) is -0.154. The largest absolute Gasteiger partial charge is 0.477 e. The summed E-state index contributed by atoms with van der Waals surface area (Å²) in [6.07, 6.45) is 1.49. The highest BCUT2D eigenvalue weighted by atomic mass is 16.6. The van der Waals surface area contributed by atoms with E-state index in [0.29, 0.717) is 37.6 Å². The molecule has 0 radical (unpaired) electrons. The summed E-state index contributed by atoms with van der Waals surface area (Å²) >= 11 is 0. The predicted molar refractivity (Wildman–Crippen MR) is 120 cm³/mol. The molecule has 0 saturated carbocycles. The summed E-state index contributed by atoms with van der Waals surface area (Å²) in [7, 11) is 0. The highest BCUT2D eigenvalue weighted by Gasteiger charge is 2.23. The van der Waals surface area contributed by atoms with Crippen molar-refractivity contribution in [1.82, 2.24) is 4.90 Å². The SMILES string of the molecule is O=C(COc1ccccc1[N+](=O)[O-])Nc1ccc(N2CCN(C(=O)c3ccco3)CC2)cc1. The lowest BCUT2D eigenvalue weighted by atomic mass is 10.2. The number of furan rings is 1. The summed E-state index contributed by atoms with van der Waals surface area (Å²) < 4.78 is 10.5. The van der Waals surface area contributed by atoms with Crippen molar-refractivity contribution in [2.24, 2.45) is 0 Å². The minimum atomic E-state index is -0.557. The van der Waals surface area contributed by atoms with E-state index >= 15 is 0 Å². The van der Waals surface area contributed by atoms with Crippen LogP contribution in [-0.4, -0.2) is 54.4 Å². The first-order valence-corrected chi connectivity index (χ1v) is 10.3. The summed E-state index contributed by atoms with van der Waals surface area (Å²) in [6, 6.07) is 16.6. The number of hydrogen-bond donors (Lipinski definition) is 1. The Labute approximate surface area is 189 Å². The van der Waals surface area contributed by atoms with Crippen molar-refractivity contribution in [2.75, 3.05) is 43.0 Å². The molecule has 2 amide bonds. The number of rotatable bonds is 7. The zero-order valence-electron chi connectivity index (χ0n) is 17.7. The second kappa shape index (κ2) is 9.86. The quantitative estimate of drug-likeness (QED) is 0.434. The molecule has 2 aromatic carbocycles. The molecule has 10 heteroatoms. The molecule has 2 heterocycles. The number of carbonyl (C=O) groups is 2. The highest BCUT2D eigenvalue weighted by molar-refractivity contribution is 5.92. The molecule has 1 aromatic heterocycles. The molecule has 0 unspecified atom stereocenters. The summed E-state index contributed by atoms with van der Waals surface area (Å²) in [5, 5.41) is 13.7. The number of nitro groups is 1. The number of para-hydroxylation sites is 2. The summed E-state index contributed by atoms with van der Waals surface area (Å²) in [5.41, 5.74) is 1.37. The first-order valence-electron chi connectivity index (χ1n) is 10.3. The first-order chi connectivity index (χ1) is 16.0. The fraction of sp³-hybridized carbons (Fsp3) is 0.217. The van der Waals surface area contributed by atoms with Gasteiger partial charge < -0.3 is 24.3 Å². The summed E-state index contributed by atoms with van der Waals surface area (Å²) in [4.78, 5) is 39.0. The molecule has 0 bridgehead atoms. The second-order valence-corrected chi connectivity index (χ2v) is 7.37. The van der Waals surface area contributed by atoms with Gasteiger partial charge in [-0.15, -0.1) is 0 Å². The number of nitro benzene ring substituents is 1. The maximum Gasteiger partial charge on any atom is 0.310 e. The number of benzene rings is 2. The van der Waals surface area contributed by atoms with Crippen molar-refractivity contribution in [3.05, 3.63) is 82.8 Å². The molecular weight excluding hydrogens is 428 g/mol. The van der Waals surface area contributed by atoms with Crippen LogP contribution in [0.4, 0.5) is 17.1 Å². The standard InChI is InChI=1S/C23H22N4O6/c28-22(16-33-20-5-2-1-4-19(20)27(30)31)24-17-7-9-18(10-8-17)25-11-13-26(14-12-25)23(29)21-6-3-15-32-21/h1-10,15H,11-14,16H2,(H,24,28). The number of anilines is 2. The maximum absolute atomic E-state index is 12.4. The third-order valence-electron chi connectivity index (χ3n) is 5.24. The number of piperazine rings is 1. The lowest BCUT2D eigenvalue weighted by Crippen LogP contribution is -2.48. The molecular formula is C23H22N4O6. The number of nitrogens with zero attached hydrogens (tertiary/aromatic N) is 3. The Morgan fingerprint density at radius 2 is 1.73 bits per heavy atom. The van der Waals surface area contributed by atoms with Gasteiger partial charge in [0.2, 0.25) is 0 Å². The van der Waals surface area contributed by atoms with Gasteiger partial charge in [-0.3, -0.25) is 19.7 Å². The molecule has 3 aromatic rings. The molecule has 1 aliphatic rings. The van der Waals surface area contributed by atoms with Crippen LogP contribution in [0.15, 0.2) is 71.3 Å². The normalized spacial score (nSPS) is 13.5. The molecule has 33 heavy (non-hydrogen) atoms. The van der Waals surface area contributed by atoms with Gasteiger partial charge in [0.05, 0.1) is 11.2 Å². The van der Waals surface area contributed by atoms with Crippen LogP contribution in [0, 0.1) is 10.1 Å². The number of amides is 2. The van der Waals surface area contributed by atoms with E-state index in [9.17, 15) is 19.7 Å². The van der Waals surface area contributed by atoms with Crippen molar-refractivity contribution >= 4 is 28.9 Å². The van der Waals surface area contributed by atoms with E-state index < -0.39 is 10.8 Å². The molecule has 0 spiro atoms. The number of nitrogens with one attached hydrogen (secondary N) is 1. The Morgan fingerprint density at radius 1 is 1.00 bits per heavy atom. The number of ether oxygens (including phenoxy) is 1. The van der Waals surface area contributed by atoms with Gasteiger partial charge in [0.15, 0.2) is 18.1 Å². The van der Waals surface area contributed by atoms with Gasteiger partial charge in [-0.1, -0.05) is 12.1 Å². The molecule has 1 N–H and O–H groups in total. The van der Waals surface area contributed by atoms with Gasteiger partial charge in [-0.25, -0.2) is 0 Å². The average molecular weight is 450 g/mol. The molecule has 0 atom stereocenters. The van der Waals surface area contributed by atoms with Crippen molar-refractivity contribution in [1.29, 1.82) is 0 Å². The van der Waals surface area contributed by atoms with E-state index in [2.05, 4.69) is 10.2 Å². The highest BCUT2D eigenvalue weighted by Crippen LogP contribution is 2.26. The zero-order chi connectivity index (χ0) is 23.2. The van der Waals surface area contributed by atoms with Crippen LogP contribution in [0.5, 0.6) is 5.75 Å². The van der Waals surface area contributed by atoms with Gasteiger partial charge in [-0.2, -0.15) is 0 Å². The molecule has 1 fully saturated rings. The van der Waals surface area contributed by atoms with Gasteiger partial charge in [0.1, 0.15) is 0 Å². The van der Waals surface area contributed by atoms with E-state index in [1.165, 1.54) is 24.5 Å². The van der Waals surface area contributed by atoms with Gasteiger partial charge in [-0.05, 0) is 42.5 Å². The van der Waals surface area contributed by atoms with E-state index in [1.54, 1.807) is 35.2 Å². The molecule has 4 rings (SSSR count). The predicted octanol–water partition coefficient (Wildman–Crippen LogP) is 3.17. The van der Waals surface area contributed by atoms with E-state index in [-0.39, 0.29) is 24.0 Å². The monoisotopic (exact) mass is 450 g/mol. The topological polar surface area (TPSA) is 118 Å². The third kappa shape index (κ3) is 5.29. The van der Waals surface area contributed by atoms with E-state index in [4.69, 9.17) is 9.15 Å². The van der Waals surface area contributed by atoms with Crippen LogP contribution in [0.25, 0.3) is 0 Å². The lowest BCUT2D eigenvalue weighted by molar-refractivity contribution is -0.385. The molecule has 1 aliphatic heterocycles. The van der Waals surface area contributed by atoms with Crippen molar-refractivity contribution < 1.29 is 23.7 Å². The van der Waals surface area contributed by atoms with Crippen LogP contribution >= 0.6 is 0 Å². The van der Waals surface area contributed by atoms with Crippen molar-refractivity contribution in [3.8, 4) is 5.75 Å². The Balaban J connectivity index is 1.27. The van der Waals surface area contributed by atoms with E-state index in [0.717, 1.165) is 5.69 Å². The van der Waals surface area contributed by atoms with Crippen LogP contribution in [-0.2, 0) is 4.79 Å². The fourth-order valence-corrected chi connectivity index (χ4v) is 3.55. The van der Waals surface area contributed by atoms with Crippen molar-refractivity contribution in [3.63, 3.8) is 0 Å². The Hall–Kier alpha value is -4.34. The Morgan fingerprint density at radius 3 is 2.39 bits per heavy atom. The minimum absolute atomic E-state index is 0.0395. The van der Waals surface area contributed by atoms with Crippen LogP contribution in [0.1, 0.15) is 10.6 Å². The summed E-state index contributed by atoms with van der Waals surface area (Å²) in [6.45, 7) is 2.18. The number of carbonyl (C=O) groups excluding carboxylic acids is 2. The number of hydrogen-bond acceptors (Lipinski definition) is 7. The Kier molecular flexibility index (Phi) is 6.53. The average Bonchev–Trinajstić information content (AvgIpc) is 3.38. The molecule has 1 saturated heterocycles. The Bertz CT molecular complexity index is 1120. The van der Waals surface area contributed by atoms with Gasteiger partial charge in [0.25, 0.3) is 11.8 Å². The smallest absolute Gasteiger partial charge is 0.310 e. The van der Waals surface area contributed by atoms with E-state index in [1.807, 2.05) is 12.1 Å². The first kappa shape index (κ1) is 21.9. The fourth-order valence-electron chi connectivity index (χ4n) is 3.55. The minimum Gasteiger partial charge on any atom is -0.477 e. The van der Waals surface area contributed by atoms with Crippen LogP contribution < -0.4 is 15.0 Å². The lowest BCUT2D eigenvalue weighted by Gasteiger charge is -2.35. The van der Waals surface area contributed by atoms with Crippen LogP contribution in [0.2, 0.25) is 0 Å². The van der Waals surface area contributed by atoms with Crippen molar-refractivity contribution in [2.45, 2.75) is 0 Å². The van der Waals surface area contributed by atoms with Gasteiger partial charge in [0, 0.05) is 43.6 Å². The second-order valence-electron chi connectivity index (χ2n) is 7.37. The molecule has 0 aliphatic carbocycles. The molecule has 10 nitrogen and oxygen atoms in total. The van der Waals surface area contributed by atoms with Crippen LogP contribution in [0.3, 0.4) is 0 Å². The maximum atomic E-state index is 12.4. The van der Waals surface area contributed by atoms with Gasteiger partial charge >= 0.3 is 5.69 Å². The zero-order valence-corrected chi connectivity index (χ0v) is 17.7. The third-order valence-corrected chi connectivity index (χ3v) is 5.24. The molecule has 170 valence electrons.